The predicted octanol–water partition coefficient (Wildman–Crippen LogP) is 1.66. The number of nitrogens with one attached hydrogen (secondary N) is 1. The van der Waals surface area contributed by atoms with Crippen molar-refractivity contribution in [3.8, 4) is 0 Å². The number of piperazine rings is 1. The largest absolute Gasteiger partial charge is 0.444 e. The molecule has 1 heterocycles. The number of ether oxygens (including phenoxy) is 1. The number of amides is 1. The highest BCUT2D eigenvalue weighted by molar-refractivity contribution is 7.89. The van der Waals surface area contributed by atoms with Gasteiger partial charge in [0.05, 0.1) is 0 Å². The summed E-state index contributed by atoms with van der Waals surface area (Å²) in [6.45, 7) is 8.42. The molecular formula is C17H26FN3O4S. The molecule has 146 valence electrons. The van der Waals surface area contributed by atoms with Crippen LogP contribution in [0.1, 0.15) is 20.8 Å². The summed E-state index contributed by atoms with van der Waals surface area (Å²) in [6, 6.07) is 5.27. The van der Waals surface area contributed by atoms with Crippen molar-refractivity contribution in [1.29, 1.82) is 0 Å². The Kier molecular flexibility index (Phi) is 6.59. The molecule has 1 N–H and O–H groups in total. The summed E-state index contributed by atoms with van der Waals surface area (Å²) in [6.07, 6.45) is -0.336. The van der Waals surface area contributed by atoms with Gasteiger partial charge in [-0.25, -0.2) is 22.3 Å². The molecule has 0 saturated carbocycles. The van der Waals surface area contributed by atoms with Gasteiger partial charge in [-0.2, -0.15) is 0 Å². The van der Waals surface area contributed by atoms with Crippen LogP contribution in [0.2, 0.25) is 0 Å². The van der Waals surface area contributed by atoms with Crippen LogP contribution in [0.25, 0.3) is 0 Å². The third-order valence-electron chi connectivity index (χ3n) is 3.87. The lowest BCUT2D eigenvalue weighted by molar-refractivity contribution is 0.0147. The molecule has 0 atom stereocenters. The van der Waals surface area contributed by atoms with Gasteiger partial charge in [0, 0.05) is 39.3 Å². The fourth-order valence-corrected chi connectivity index (χ4v) is 3.66. The number of rotatable bonds is 5. The molecule has 1 aliphatic heterocycles. The molecule has 1 amide bonds. The van der Waals surface area contributed by atoms with E-state index < -0.39 is 21.4 Å². The minimum atomic E-state index is -3.87. The molecule has 1 aromatic carbocycles. The van der Waals surface area contributed by atoms with E-state index in [-0.39, 0.29) is 17.5 Å². The number of halogens is 1. The number of carbonyl (C=O) groups is 1. The zero-order chi connectivity index (χ0) is 19.4. The minimum Gasteiger partial charge on any atom is -0.444 e. The first kappa shape index (κ1) is 20.6. The van der Waals surface area contributed by atoms with E-state index in [1.54, 1.807) is 4.90 Å². The molecule has 9 heteroatoms. The standard InChI is InChI=1S/C17H26FN3O4S/c1-17(2,3)25-16(22)21-12-10-20(11-13-21)9-8-19-26(23,24)15-7-5-4-6-14(15)18/h4-7,19H,8-13H2,1-3H3. The van der Waals surface area contributed by atoms with Gasteiger partial charge in [0.15, 0.2) is 0 Å². The van der Waals surface area contributed by atoms with Crippen molar-refractivity contribution in [3.05, 3.63) is 30.1 Å². The lowest BCUT2D eigenvalue weighted by Crippen LogP contribution is -2.51. The van der Waals surface area contributed by atoms with Gasteiger partial charge in [-0.1, -0.05) is 12.1 Å². The van der Waals surface area contributed by atoms with E-state index in [4.69, 9.17) is 4.74 Å². The van der Waals surface area contributed by atoms with Crippen molar-refractivity contribution in [1.82, 2.24) is 14.5 Å². The van der Waals surface area contributed by atoms with E-state index in [1.807, 2.05) is 25.7 Å². The minimum absolute atomic E-state index is 0.170. The second-order valence-electron chi connectivity index (χ2n) is 7.14. The smallest absolute Gasteiger partial charge is 0.410 e. The van der Waals surface area contributed by atoms with E-state index in [1.165, 1.54) is 18.2 Å². The average molecular weight is 387 g/mol. The highest BCUT2D eigenvalue weighted by Gasteiger charge is 2.26. The van der Waals surface area contributed by atoms with Gasteiger partial charge in [-0.05, 0) is 32.9 Å². The number of carbonyl (C=O) groups excluding carboxylic acids is 1. The SMILES string of the molecule is CC(C)(C)OC(=O)N1CCN(CCNS(=O)(=O)c2ccccc2F)CC1. The average Bonchev–Trinajstić information content (AvgIpc) is 2.54. The summed E-state index contributed by atoms with van der Waals surface area (Å²) in [4.78, 5) is 15.4. The number of nitrogens with zero attached hydrogens (tertiary/aromatic N) is 2. The molecule has 0 aromatic heterocycles. The zero-order valence-electron chi connectivity index (χ0n) is 15.4. The molecule has 0 bridgehead atoms. The normalized spacial score (nSPS) is 16.5. The Balaban J connectivity index is 1.77. The summed E-state index contributed by atoms with van der Waals surface area (Å²) >= 11 is 0. The monoisotopic (exact) mass is 387 g/mol. The third-order valence-corrected chi connectivity index (χ3v) is 5.36. The van der Waals surface area contributed by atoms with Crippen molar-refractivity contribution in [2.45, 2.75) is 31.3 Å². The second-order valence-corrected chi connectivity index (χ2v) is 8.87. The molecule has 0 radical (unpaired) electrons. The maximum Gasteiger partial charge on any atom is 0.410 e. The van der Waals surface area contributed by atoms with Crippen molar-refractivity contribution in [3.63, 3.8) is 0 Å². The topological polar surface area (TPSA) is 79.0 Å². The third kappa shape index (κ3) is 5.93. The molecule has 26 heavy (non-hydrogen) atoms. The van der Waals surface area contributed by atoms with Crippen LogP contribution in [-0.4, -0.2) is 69.2 Å². The van der Waals surface area contributed by atoms with Crippen molar-refractivity contribution in [2.24, 2.45) is 0 Å². The Morgan fingerprint density at radius 2 is 1.81 bits per heavy atom. The van der Waals surface area contributed by atoms with E-state index in [0.717, 1.165) is 6.07 Å². The van der Waals surface area contributed by atoms with Gasteiger partial charge >= 0.3 is 6.09 Å². The number of hydrogen-bond acceptors (Lipinski definition) is 5. The fraction of sp³-hybridized carbons (Fsp3) is 0.588. The maximum absolute atomic E-state index is 13.6. The highest BCUT2D eigenvalue weighted by Crippen LogP contribution is 2.13. The van der Waals surface area contributed by atoms with E-state index in [2.05, 4.69) is 4.72 Å². The predicted molar refractivity (Wildman–Crippen MR) is 95.8 cm³/mol. The van der Waals surface area contributed by atoms with E-state index in [0.29, 0.717) is 32.7 Å². The van der Waals surface area contributed by atoms with Gasteiger partial charge in [0.1, 0.15) is 16.3 Å². The van der Waals surface area contributed by atoms with Gasteiger partial charge < -0.3 is 9.64 Å². The molecule has 2 rings (SSSR count). The van der Waals surface area contributed by atoms with E-state index in [9.17, 15) is 17.6 Å². The number of sulfonamides is 1. The Morgan fingerprint density at radius 3 is 2.38 bits per heavy atom. The summed E-state index contributed by atoms with van der Waals surface area (Å²) < 4.78 is 45.6. The first-order chi connectivity index (χ1) is 12.1. The second kappa shape index (κ2) is 8.32. The Morgan fingerprint density at radius 1 is 1.19 bits per heavy atom. The molecule has 1 aliphatic rings. The van der Waals surface area contributed by atoms with Crippen molar-refractivity contribution < 1.29 is 22.3 Å². The van der Waals surface area contributed by atoms with Crippen LogP contribution in [0.3, 0.4) is 0 Å². The molecule has 0 spiro atoms. The summed E-state index contributed by atoms with van der Waals surface area (Å²) in [5.41, 5.74) is -0.529. The zero-order valence-corrected chi connectivity index (χ0v) is 16.2. The molecule has 0 aliphatic carbocycles. The summed E-state index contributed by atoms with van der Waals surface area (Å²) in [5.74, 6) is -0.772. The highest BCUT2D eigenvalue weighted by atomic mass is 32.2. The molecule has 1 aromatic rings. The Hall–Kier alpha value is -1.71. The molecule has 7 nitrogen and oxygen atoms in total. The first-order valence-electron chi connectivity index (χ1n) is 8.53. The first-order valence-corrected chi connectivity index (χ1v) is 10.0. The quantitative estimate of drug-likeness (QED) is 0.831. The van der Waals surface area contributed by atoms with Crippen LogP contribution in [0, 0.1) is 5.82 Å². The van der Waals surface area contributed by atoms with Crippen LogP contribution in [-0.2, 0) is 14.8 Å². The lowest BCUT2D eigenvalue weighted by Gasteiger charge is -2.35. The van der Waals surface area contributed by atoms with Gasteiger partial charge in [-0.15, -0.1) is 0 Å². The molecular weight excluding hydrogens is 361 g/mol. The molecule has 0 unspecified atom stereocenters. The van der Waals surface area contributed by atoms with Crippen LogP contribution in [0.15, 0.2) is 29.2 Å². The summed E-state index contributed by atoms with van der Waals surface area (Å²) in [7, 11) is -3.87. The Labute approximate surface area is 154 Å². The van der Waals surface area contributed by atoms with Crippen molar-refractivity contribution >= 4 is 16.1 Å². The number of hydrogen-bond donors (Lipinski definition) is 1. The van der Waals surface area contributed by atoms with Crippen molar-refractivity contribution in [2.75, 3.05) is 39.3 Å². The molecule has 1 saturated heterocycles. The maximum atomic E-state index is 13.6. The van der Waals surface area contributed by atoms with Gasteiger partial charge in [0.25, 0.3) is 0 Å². The van der Waals surface area contributed by atoms with E-state index >= 15 is 0 Å². The molecule has 1 fully saturated rings. The van der Waals surface area contributed by atoms with Gasteiger partial charge in [0.2, 0.25) is 10.0 Å². The van der Waals surface area contributed by atoms with Crippen LogP contribution >= 0.6 is 0 Å². The van der Waals surface area contributed by atoms with Crippen LogP contribution in [0.4, 0.5) is 9.18 Å². The van der Waals surface area contributed by atoms with Crippen LogP contribution < -0.4 is 4.72 Å². The summed E-state index contributed by atoms with van der Waals surface area (Å²) in [5, 5.41) is 0. The Bertz CT molecular complexity index is 726. The van der Waals surface area contributed by atoms with Gasteiger partial charge in [-0.3, -0.25) is 4.90 Å². The number of benzene rings is 1. The van der Waals surface area contributed by atoms with Crippen LogP contribution in [0.5, 0.6) is 0 Å². The lowest BCUT2D eigenvalue weighted by atomic mass is 10.2. The fourth-order valence-electron chi connectivity index (χ4n) is 2.56.